The van der Waals surface area contributed by atoms with E-state index in [1.807, 2.05) is 0 Å². The van der Waals surface area contributed by atoms with Crippen LogP contribution in [0.25, 0.3) is 16.8 Å². The third-order valence-corrected chi connectivity index (χ3v) is 6.00. The number of carbonyl (C=O) groups excluding carboxylic acids is 2. The van der Waals surface area contributed by atoms with Crippen LogP contribution in [-0.2, 0) is 9.59 Å². The maximum absolute atomic E-state index is 13.3. The third kappa shape index (κ3) is 4.01. The predicted molar refractivity (Wildman–Crippen MR) is 133 cm³/mol. The minimum atomic E-state index is -1.14. The first kappa shape index (κ1) is 23.5. The lowest BCUT2D eigenvalue weighted by Crippen LogP contribution is -2.30. The molecule has 0 radical (unpaired) electrons. The molecule has 3 aromatic carbocycles. The number of ether oxygens (including phenoxy) is 1. The number of carbonyl (C=O) groups is 2. The van der Waals surface area contributed by atoms with Crippen LogP contribution in [0.4, 0.5) is 11.6 Å². The molecule has 5 rings (SSSR count). The van der Waals surface area contributed by atoms with E-state index in [4.69, 9.17) is 4.74 Å². The molecule has 2 heterocycles. The fraction of sp³-hybridized carbons (Fsp3) is 0.115. The highest BCUT2D eigenvalue weighted by Gasteiger charge is 2.48. The Kier molecular flexibility index (Phi) is 5.80. The molecule has 11 heteroatoms. The van der Waals surface area contributed by atoms with Crippen LogP contribution in [0.3, 0.4) is 0 Å². The van der Waals surface area contributed by atoms with E-state index in [1.54, 1.807) is 31.2 Å². The molecule has 1 aliphatic rings. The molecule has 1 fully saturated rings. The minimum absolute atomic E-state index is 0.0853. The van der Waals surface area contributed by atoms with E-state index in [-0.39, 0.29) is 40.9 Å². The summed E-state index contributed by atoms with van der Waals surface area (Å²) < 4.78 is 5.49. The van der Waals surface area contributed by atoms with Crippen molar-refractivity contribution in [2.45, 2.75) is 13.0 Å². The highest BCUT2D eigenvalue weighted by atomic mass is 16.6. The zero-order chi connectivity index (χ0) is 26.3. The summed E-state index contributed by atoms with van der Waals surface area (Å²) >= 11 is 0. The van der Waals surface area contributed by atoms with Crippen LogP contribution in [0.1, 0.15) is 24.1 Å². The van der Waals surface area contributed by atoms with Crippen molar-refractivity contribution in [2.24, 2.45) is 0 Å². The number of anilines is 1. The highest BCUT2D eigenvalue weighted by molar-refractivity contribution is 6.51. The van der Waals surface area contributed by atoms with Gasteiger partial charge in [-0.25, -0.2) is 4.98 Å². The number of nitro benzene ring substituents is 1. The zero-order valence-electron chi connectivity index (χ0n) is 19.4. The molecular weight excluding hydrogens is 480 g/mol. The van der Waals surface area contributed by atoms with Gasteiger partial charge in [-0.05, 0) is 48.9 Å². The molecule has 37 heavy (non-hydrogen) atoms. The molecular formula is C26H20N4O7. The molecule has 1 unspecified atom stereocenters. The molecule has 0 bridgehead atoms. The van der Waals surface area contributed by atoms with Gasteiger partial charge in [0.1, 0.15) is 5.76 Å². The predicted octanol–water partition coefficient (Wildman–Crippen LogP) is 4.20. The van der Waals surface area contributed by atoms with Gasteiger partial charge in [0.05, 0.1) is 34.2 Å². The topological polar surface area (TPSA) is 159 Å². The summed E-state index contributed by atoms with van der Waals surface area (Å²) in [4.78, 5) is 45.8. The van der Waals surface area contributed by atoms with Crippen molar-refractivity contribution in [2.75, 3.05) is 11.5 Å². The number of nitrogens with zero attached hydrogens (tertiary/aromatic N) is 3. The van der Waals surface area contributed by atoms with Crippen LogP contribution in [0.2, 0.25) is 0 Å². The van der Waals surface area contributed by atoms with Gasteiger partial charge in [0, 0.05) is 17.7 Å². The fourth-order valence-electron chi connectivity index (χ4n) is 4.29. The van der Waals surface area contributed by atoms with Crippen LogP contribution in [0, 0.1) is 10.1 Å². The summed E-state index contributed by atoms with van der Waals surface area (Å²) in [6.07, 6.45) is 0. The Morgan fingerprint density at radius 3 is 2.54 bits per heavy atom. The van der Waals surface area contributed by atoms with Crippen molar-refractivity contribution in [1.29, 1.82) is 0 Å². The number of Topliss-reactive ketones (excluding diaryl/α,β-unsaturated/α-hetero) is 1. The standard InChI is InChI=1S/C26H20N4O7/c1-2-37-20-13-15(9-12-19(20)31)22-21(23(32)14-7-10-16(11-8-14)30(35)36)24(33)25(34)29(22)26-27-17-5-3-4-6-18(17)28-26/h3-13,22,31-32H,2H2,1H3,(H,27,28)/b23-21+. The fourth-order valence-corrected chi connectivity index (χ4v) is 4.29. The number of aromatic hydroxyl groups is 1. The molecule has 1 amide bonds. The number of amides is 1. The second-order valence-electron chi connectivity index (χ2n) is 8.21. The maximum Gasteiger partial charge on any atom is 0.302 e. The first-order chi connectivity index (χ1) is 17.8. The molecule has 1 atom stereocenters. The number of non-ortho nitro benzene ring substituents is 1. The molecule has 11 nitrogen and oxygen atoms in total. The van der Waals surface area contributed by atoms with Gasteiger partial charge in [-0.15, -0.1) is 0 Å². The highest BCUT2D eigenvalue weighted by Crippen LogP contribution is 2.43. The number of ketones is 1. The molecule has 0 spiro atoms. The largest absolute Gasteiger partial charge is 0.507 e. The Balaban J connectivity index is 1.72. The van der Waals surface area contributed by atoms with Gasteiger partial charge in [-0.2, -0.15) is 0 Å². The number of aliphatic hydroxyl groups excluding tert-OH is 1. The molecule has 186 valence electrons. The average molecular weight is 500 g/mol. The number of para-hydroxylation sites is 2. The Hall–Kier alpha value is -5.19. The van der Waals surface area contributed by atoms with Gasteiger partial charge in [-0.1, -0.05) is 18.2 Å². The summed E-state index contributed by atoms with van der Waals surface area (Å²) in [5.41, 5.74) is 1.23. The van der Waals surface area contributed by atoms with Crippen molar-refractivity contribution >= 4 is 40.1 Å². The van der Waals surface area contributed by atoms with Crippen molar-refractivity contribution < 1.29 is 29.5 Å². The van der Waals surface area contributed by atoms with E-state index in [0.29, 0.717) is 16.6 Å². The maximum atomic E-state index is 13.3. The summed E-state index contributed by atoms with van der Waals surface area (Å²) in [5.74, 6) is -2.33. The number of nitro groups is 1. The average Bonchev–Trinajstić information content (AvgIpc) is 3.43. The number of phenolic OH excluding ortho intramolecular Hbond substituents is 1. The number of hydrogen-bond acceptors (Lipinski definition) is 8. The van der Waals surface area contributed by atoms with Gasteiger partial charge in [0.2, 0.25) is 5.95 Å². The lowest BCUT2D eigenvalue weighted by Gasteiger charge is -2.23. The minimum Gasteiger partial charge on any atom is -0.507 e. The number of fused-ring (bicyclic) bond motifs is 1. The van der Waals surface area contributed by atoms with Gasteiger partial charge in [0.15, 0.2) is 11.5 Å². The second-order valence-corrected chi connectivity index (χ2v) is 8.21. The molecule has 3 N–H and O–H groups in total. The van der Waals surface area contributed by atoms with Crippen LogP contribution < -0.4 is 9.64 Å². The second kappa shape index (κ2) is 9.11. The van der Waals surface area contributed by atoms with Crippen LogP contribution in [0.5, 0.6) is 11.5 Å². The summed E-state index contributed by atoms with van der Waals surface area (Å²) in [5, 5.41) is 32.4. The molecule has 1 aliphatic heterocycles. The molecule has 1 saturated heterocycles. The molecule has 1 aromatic heterocycles. The van der Waals surface area contributed by atoms with Gasteiger partial charge >= 0.3 is 5.91 Å². The number of nitrogens with one attached hydrogen (secondary N) is 1. The number of aliphatic hydroxyl groups is 1. The third-order valence-electron chi connectivity index (χ3n) is 6.00. The van der Waals surface area contributed by atoms with Crippen LogP contribution in [0.15, 0.2) is 72.3 Å². The lowest BCUT2D eigenvalue weighted by atomic mass is 9.95. The Morgan fingerprint density at radius 1 is 1.14 bits per heavy atom. The quantitative estimate of drug-likeness (QED) is 0.117. The van der Waals surface area contributed by atoms with E-state index >= 15 is 0 Å². The number of aromatic amines is 1. The Labute approximate surface area is 209 Å². The van der Waals surface area contributed by atoms with Crippen molar-refractivity contribution in [3.05, 3.63) is 93.5 Å². The zero-order valence-corrected chi connectivity index (χ0v) is 19.4. The first-order valence-electron chi connectivity index (χ1n) is 11.3. The van der Waals surface area contributed by atoms with Crippen molar-refractivity contribution in [3.8, 4) is 11.5 Å². The van der Waals surface area contributed by atoms with E-state index in [9.17, 15) is 29.9 Å². The lowest BCUT2D eigenvalue weighted by molar-refractivity contribution is -0.384. The van der Waals surface area contributed by atoms with Gasteiger partial charge in [-0.3, -0.25) is 24.6 Å². The number of rotatable bonds is 6. The summed E-state index contributed by atoms with van der Waals surface area (Å²) in [6.45, 7) is 1.99. The summed E-state index contributed by atoms with van der Waals surface area (Å²) in [6, 6.07) is 15.2. The number of H-pyrrole nitrogens is 1. The van der Waals surface area contributed by atoms with E-state index in [1.165, 1.54) is 42.5 Å². The monoisotopic (exact) mass is 500 g/mol. The SMILES string of the molecule is CCOc1cc(C2/C(=C(\O)c3ccc([N+](=O)[O-])cc3)C(=O)C(=O)N2c2nc3ccccc3[nH]2)ccc1O. The molecule has 0 saturated carbocycles. The number of benzene rings is 3. The van der Waals surface area contributed by atoms with Gasteiger partial charge in [0.25, 0.3) is 11.5 Å². The number of imidazole rings is 1. The molecule has 4 aromatic rings. The summed E-state index contributed by atoms with van der Waals surface area (Å²) in [7, 11) is 0. The normalized spacial score (nSPS) is 16.9. The number of hydrogen-bond donors (Lipinski definition) is 3. The van der Waals surface area contributed by atoms with Crippen molar-refractivity contribution in [3.63, 3.8) is 0 Å². The molecule has 0 aliphatic carbocycles. The Morgan fingerprint density at radius 2 is 1.86 bits per heavy atom. The van der Waals surface area contributed by atoms with Gasteiger partial charge < -0.3 is 19.9 Å². The van der Waals surface area contributed by atoms with E-state index in [2.05, 4.69) is 9.97 Å². The van der Waals surface area contributed by atoms with Crippen molar-refractivity contribution in [1.82, 2.24) is 9.97 Å². The Bertz CT molecular complexity index is 1560. The van der Waals surface area contributed by atoms with Crippen LogP contribution in [-0.4, -0.2) is 43.4 Å². The van der Waals surface area contributed by atoms with E-state index in [0.717, 1.165) is 4.90 Å². The smallest absolute Gasteiger partial charge is 0.302 e. The van der Waals surface area contributed by atoms with Crippen LogP contribution >= 0.6 is 0 Å². The first-order valence-corrected chi connectivity index (χ1v) is 11.3. The number of phenols is 1. The number of aromatic nitrogens is 2. The van der Waals surface area contributed by atoms with E-state index < -0.39 is 28.4 Å².